The van der Waals surface area contributed by atoms with Crippen LogP contribution in [0.2, 0.25) is 0 Å². The average Bonchev–Trinajstić information content (AvgIpc) is 2.85. The predicted molar refractivity (Wildman–Crippen MR) is 64.0 cm³/mol. The van der Waals surface area contributed by atoms with E-state index in [1.807, 2.05) is 17.5 Å². The van der Waals surface area contributed by atoms with Crippen molar-refractivity contribution in [1.82, 2.24) is 0 Å². The Bertz CT molecular complexity index is 454. The minimum absolute atomic E-state index is 0.00440. The molecule has 4 nitrogen and oxygen atoms in total. The minimum Gasteiger partial charge on any atom is -0.387 e. The zero-order chi connectivity index (χ0) is 11.8. The highest BCUT2D eigenvalue weighted by Gasteiger charge is 2.47. The van der Waals surface area contributed by atoms with Crippen LogP contribution in [0.3, 0.4) is 0 Å². The molecule has 0 saturated carbocycles. The lowest BCUT2D eigenvalue weighted by Crippen LogP contribution is -2.37. The second kappa shape index (κ2) is 4.10. The first kappa shape index (κ1) is 12.0. The molecule has 1 aliphatic rings. The van der Waals surface area contributed by atoms with Crippen LogP contribution in [0, 0.1) is 5.41 Å². The van der Waals surface area contributed by atoms with Gasteiger partial charge in [-0.3, -0.25) is 0 Å². The van der Waals surface area contributed by atoms with Crippen LogP contribution >= 0.6 is 11.3 Å². The van der Waals surface area contributed by atoms with Gasteiger partial charge in [0.05, 0.1) is 17.6 Å². The fraction of sp³-hybridized carbons (Fsp3) is 0.600. The molecule has 3 N–H and O–H groups in total. The quantitative estimate of drug-likeness (QED) is 0.832. The third-order valence-corrected chi connectivity index (χ3v) is 5.98. The molecular formula is C10H15NO3S2. The summed E-state index contributed by atoms with van der Waals surface area (Å²) in [7, 11) is -3.04. The zero-order valence-corrected chi connectivity index (χ0v) is 10.4. The van der Waals surface area contributed by atoms with Gasteiger partial charge >= 0.3 is 0 Å². The fourth-order valence-corrected chi connectivity index (χ4v) is 5.19. The minimum atomic E-state index is -3.04. The molecule has 0 aliphatic carbocycles. The number of sulfone groups is 1. The third-order valence-electron chi connectivity index (χ3n) is 3.22. The van der Waals surface area contributed by atoms with Gasteiger partial charge in [0.25, 0.3) is 0 Å². The van der Waals surface area contributed by atoms with E-state index in [-0.39, 0.29) is 18.1 Å². The molecule has 0 aromatic carbocycles. The Morgan fingerprint density at radius 2 is 2.38 bits per heavy atom. The highest BCUT2D eigenvalue weighted by molar-refractivity contribution is 7.91. The van der Waals surface area contributed by atoms with Gasteiger partial charge in [-0.1, -0.05) is 6.07 Å². The first-order valence-corrected chi connectivity index (χ1v) is 7.81. The van der Waals surface area contributed by atoms with Crippen LogP contribution in [0.1, 0.15) is 17.4 Å². The Morgan fingerprint density at radius 1 is 1.62 bits per heavy atom. The number of rotatable bonds is 3. The maximum atomic E-state index is 11.5. The number of aliphatic hydroxyl groups excluding tert-OH is 1. The molecule has 1 saturated heterocycles. The van der Waals surface area contributed by atoms with Crippen LogP contribution < -0.4 is 5.73 Å². The molecule has 1 aromatic heterocycles. The summed E-state index contributed by atoms with van der Waals surface area (Å²) in [5.41, 5.74) is 4.99. The second-order valence-corrected chi connectivity index (χ2v) is 7.49. The molecule has 6 heteroatoms. The average molecular weight is 261 g/mol. The Morgan fingerprint density at radius 3 is 2.81 bits per heavy atom. The van der Waals surface area contributed by atoms with Crippen molar-refractivity contribution in [3.05, 3.63) is 22.4 Å². The molecular weight excluding hydrogens is 246 g/mol. The number of aliphatic hydroxyl groups is 1. The lowest BCUT2D eigenvalue weighted by Gasteiger charge is -2.30. The van der Waals surface area contributed by atoms with Crippen LogP contribution in [-0.4, -0.2) is 31.6 Å². The summed E-state index contributed by atoms with van der Waals surface area (Å²) in [6, 6.07) is 3.66. The van der Waals surface area contributed by atoms with E-state index in [4.69, 9.17) is 5.73 Å². The van der Waals surface area contributed by atoms with E-state index < -0.39 is 21.4 Å². The monoisotopic (exact) mass is 261 g/mol. The molecule has 1 aliphatic heterocycles. The molecule has 1 aromatic rings. The Balaban J connectivity index is 2.30. The highest BCUT2D eigenvalue weighted by Crippen LogP contribution is 2.43. The summed E-state index contributed by atoms with van der Waals surface area (Å²) in [6.07, 6.45) is -0.319. The van der Waals surface area contributed by atoms with E-state index in [0.29, 0.717) is 6.42 Å². The van der Waals surface area contributed by atoms with Crippen molar-refractivity contribution in [1.29, 1.82) is 0 Å². The number of nitrogens with two attached hydrogens (primary N) is 1. The van der Waals surface area contributed by atoms with Gasteiger partial charge in [0.15, 0.2) is 9.84 Å². The summed E-state index contributed by atoms with van der Waals surface area (Å²) in [4.78, 5) is 0.794. The van der Waals surface area contributed by atoms with Gasteiger partial charge in [-0.05, 0) is 17.9 Å². The Kier molecular flexibility index (Phi) is 3.09. The summed E-state index contributed by atoms with van der Waals surface area (Å²) < 4.78 is 23.0. The maximum absolute atomic E-state index is 11.5. The van der Waals surface area contributed by atoms with Crippen LogP contribution in [0.4, 0.5) is 0 Å². The number of thiophene rings is 1. The van der Waals surface area contributed by atoms with Gasteiger partial charge in [0.2, 0.25) is 0 Å². The fourth-order valence-electron chi connectivity index (χ4n) is 2.18. The number of hydrogen-bond acceptors (Lipinski definition) is 5. The van der Waals surface area contributed by atoms with Crippen molar-refractivity contribution < 1.29 is 13.5 Å². The van der Waals surface area contributed by atoms with Gasteiger partial charge < -0.3 is 10.8 Å². The molecule has 2 heterocycles. The van der Waals surface area contributed by atoms with Gasteiger partial charge in [0, 0.05) is 16.8 Å². The molecule has 16 heavy (non-hydrogen) atoms. The van der Waals surface area contributed by atoms with Gasteiger partial charge in [-0.15, -0.1) is 11.3 Å². The van der Waals surface area contributed by atoms with Crippen LogP contribution in [-0.2, 0) is 9.84 Å². The normalized spacial score (nSPS) is 30.4. The standard InChI is InChI=1S/C10H15NO3S2/c11-6-10(3-5-16(13,14)7-10)9(12)8-2-1-4-15-8/h1-2,4,9,12H,3,5-7,11H2. The first-order valence-electron chi connectivity index (χ1n) is 5.11. The molecule has 2 rings (SSSR count). The summed E-state index contributed by atoms with van der Waals surface area (Å²) in [5.74, 6) is 0.127. The molecule has 0 radical (unpaired) electrons. The lowest BCUT2D eigenvalue weighted by molar-refractivity contribution is 0.0501. The number of hydrogen-bond donors (Lipinski definition) is 2. The second-order valence-electron chi connectivity index (χ2n) is 4.33. The molecule has 2 atom stereocenters. The highest BCUT2D eigenvalue weighted by atomic mass is 32.2. The smallest absolute Gasteiger partial charge is 0.151 e. The van der Waals surface area contributed by atoms with Gasteiger partial charge in [-0.2, -0.15) is 0 Å². The Labute approximate surface area is 99.0 Å². The maximum Gasteiger partial charge on any atom is 0.151 e. The summed E-state index contributed by atoms with van der Waals surface area (Å²) in [6.45, 7) is 0.200. The predicted octanol–water partition coefficient (Wildman–Crippen LogP) is 0.545. The molecule has 0 spiro atoms. The molecule has 2 unspecified atom stereocenters. The van der Waals surface area contributed by atoms with E-state index in [9.17, 15) is 13.5 Å². The van der Waals surface area contributed by atoms with Crippen molar-refractivity contribution in [2.45, 2.75) is 12.5 Å². The molecule has 1 fully saturated rings. The van der Waals surface area contributed by atoms with Gasteiger partial charge in [-0.25, -0.2) is 8.42 Å². The van der Waals surface area contributed by atoms with E-state index in [2.05, 4.69) is 0 Å². The van der Waals surface area contributed by atoms with Gasteiger partial charge in [0.1, 0.15) is 0 Å². The van der Waals surface area contributed by atoms with E-state index >= 15 is 0 Å². The zero-order valence-electron chi connectivity index (χ0n) is 8.80. The third kappa shape index (κ3) is 2.02. The molecule has 0 amide bonds. The topological polar surface area (TPSA) is 80.4 Å². The van der Waals surface area contributed by atoms with Crippen molar-refractivity contribution >= 4 is 21.2 Å². The van der Waals surface area contributed by atoms with Crippen LogP contribution in [0.25, 0.3) is 0 Å². The lowest BCUT2D eigenvalue weighted by atomic mass is 9.81. The first-order chi connectivity index (χ1) is 7.49. The van der Waals surface area contributed by atoms with Crippen LogP contribution in [0.15, 0.2) is 17.5 Å². The largest absolute Gasteiger partial charge is 0.387 e. The summed E-state index contributed by atoms with van der Waals surface area (Å²) >= 11 is 1.43. The van der Waals surface area contributed by atoms with E-state index in [0.717, 1.165) is 4.88 Å². The van der Waals surface area contributed by atoms with Crippen LogP contribution in [0.5, 0.6) is 0 Å². The van der Waals surface area contributed by atoms with Crippen molar-refractivity contribution in [2.75, 3.05) is 18.1 Å². The Hall–Kier alpha value is -0.430. The SMILES string of the molecule is NCC1(C(O)c2cccs2)CCS(=O)(=O)C1. The van der Waals surface area contributed by atoms with E-state index in [1.165, 1.54) is 11.3 Å². The van der Waals surface area contributed by atoms with Crippen molar-refractivity contribution in [3.63, 3.8) is 0 Å². The molecule has 0 bridgehead atoms. The summed E-state index contributed by atoms with van der Waals surface area (Å²) in [5, 5.41) is 12.1. The molecule has 90 valence electrons. The van der Waals surface area contributed by atoms with Crippen molar-refractivity contribution in [3.8, 4) is 0 Å². The van der Waals surface area contributed by atoms with Crippen molar-refractivity contribution in [2.24, 2.45) is 11.1 Å². The van der Waals surface area contributed by atoms with E-state index in [1.54, 1.807) is 0 Å².